The van der Waals surface area contributed by atoms with E-state index in [1.165, 1.54) is 12.1 Å². The Morgan fingerprint density at radius 1 is 0.759 bits per heavy atom. The van der Waals surface area contributed by atoms with Crippen molar-refractivity contribution in [3.05, 3.63) is 110 Å². The third-order valence-corrected chi connectivity index (χ3v) is 9.35. The molecule has 2 atom stereocenters. The number of aliphatic hydroxyl groups is 1. The largest absolute Gasteiger partial charge is 0.488 e. The Balaban J connectivity index is 0.000000153. The molecule has 2 saturated heterocycles. The number of nitro groups is 2. The normalized spacial score (nSPS) is 17.7. The number of benzene rings is 4. The Bertz CT molecular complexity index is 2370. The molecule has 1 N–H and O–H groups in total. The van der Waals surface area contributed by atoms with Gasteiger partial charge in [-0.1, -0.05) is 42.5 Å². The van der Waals surface area contributed by atoms with Crippen LogP contribution in [-0.4, -0.2) is 72.7 Å². The molecule has 16 heteroatoms. The summed E-state index contributed by atoms with van der Waals surface area (Å²) in [4.78, 5) is 31.8. The molecule has 54 heavy (non-hydrogen) atoms. The fraction of sp³-hybridized carbons (Fsp3) is 0.316. The van der Waals surface area contributed by atoms with Gasteiger partial charge in [0.1, 0.15) is 23.2 Å². The molecule has 0 spiro atoms. The van der Waals surface area contributed by atoms with Crippen LogP contribution in [0.5, 0.6) is 5.75 Å². The molecular weight excluding hydrogens is 700 g/mol. The van der Waals surface area contributed by atoms with Crippen molar-refractivity contribution in [2.75, 3.05) is 26.4 Å². The number of imidazole rings is 2. The van der Waals surface area contributed by atoms with Gasteiger partial charge in [0, 0.05) is 23.3 Å². The molecule has 3 aliphatic rings. The van der Waals surface area contributed by atoms with Crippen LogP contribution in [-0.2, 0) is 32.0 Å². The zero-order chi connectivity index (χ0) is 37.5. The van der Waals surface area contributed by atoms with Gasteiger partial charge in [0.15, 0.2) is 18.4 Å². The number of ether oxygens (including phenoxy) is 5. The molecule has 6 aromatic rings. The summed E-state index contributed by atoms with van der Waals surface area (Å²) in [7, 11) is 0. The van der Waals surface area contributed by atoms with Gasteiger partial charge < -0.3 is 37.9 Å². The van der Waals surface area contributed by atoms with E-state index < -0.39 is 28.5 Å². The second-order valence-corrected chi connectivity index (χ2v) is 13.1. The van der Waals surface area contributed by atoms with Crippen molar-refractivity contribution in [2.45, 2.75) is 51.7 Å². The monoisotopic (exact) mass is 736 g/mol. The SMILES string of the molecule is C[C@H](O)Cn1c(-c2ccccc2[N+](=O)[O-])nc2c(C3OCCO3)cccc21.C[C@H]1Cn2c(nc3c(C4OCCO4)cccc32)-c2c(cccc2[N+](=O)[O-])O1. The predicted molar refractivity (Wildman–Crippen MR) is 195 cm³/mol. The maximum Gasteiger partial charge on any atom is 0.284 e. The second-order valence-electron chi connectivity index (χ2n) is 13.1. The van der Waals surface area contributed by atoms with Gasteiger partial charge in [0.25, 0.3) is 11.4 Å². The zero-order valence-corrected chi connectivity index (χ0v) is 29.4. The van der Waals surface area contributed by atoms with E-state index in [9.17, 15) is 25.3 Å². The van der Waals surface area contributed by atoms with Gasteiger partial charge in [0.2, 0.25) is 0 Å². The highest BCUT2D eigenvalue weighted by Gasteiger charge is 2.32. The molecule has 5 heterocycles. The quantitative estimate of drug-likeness (QED) is 0.139. The number of nitrogens with zero attached hydrogens (tertiary/aromatic N) is 6. The number of nitro benzene ring substituents is 2. The number of aromatic nitrogens is 4. The summed E-state index contributed by atoms with van der Waals surface area (Å²) in [5.74, 6) is 1.44. The maximum atomic E-state index is 11.6. The molecule has 2 aromatic heterocycles. The molecule has 4 aromatic carbocycles. The van der Waals surface area contributed by atoms with Crippen molar-refractivity contribution in [3.63, 3.8) is 0 Å². The molecule has 0 unspecified atom stereocenters. The molecule has 0 bridgehead atoms. The standard InChI is InChI=1S/C19H17N3O5.C19H19N3O5/c1-11-10-21-14-6-2-4-12(19-25-8-9-26-19)17(14)20-18(21)16-13(22(23)24)5-3-7-15(16)27-11;1-12(23)11-21-16-8-4-6-14(19-26-9-10-27-19)17(16)20-18(21)13-5-2-3-7-15(13)22(24)25/h2-7,11,19H,8-10H2,1H3;2-8,12,19,23H,9-11H2,1H3/t11-;12-/m00/s1. The van der Waals surface area contributed by atoms with Crippen molar-refractivity contribution in [2.24, 2.45) is 0 Å². The first-order valence-corrected chi connectivity index (χ1v) is 17.5. The van der Waals surface area contributed by atoms with Gasteiger partial charge >= 0.3 is 0 Å². The van der Waals surface area contributed by atoms with Crippen molar-refractivity contribution in [1.29, 1.82) is 0 Å². The van der Waals surface area contributed by atoms with Gasteiger partial charge in [-0.15, -0.1) is 0 Å². The minimum atomic E-state index is -0.647. The lowest BCUT2D eigenvalue weighted by Crippen LogP contribution is -2.17. The van der Waals surface area contributed by atoms with Gasteiger partial charge in [-0.05, 0) is 38.1 Å². The fourth-order valence-electron chi connectivity index (χ4n) is 7.15. The minimum absolute atomic E-state index is 0.0203. The molecule has 0 aliphatic carbocycles. The predicted octanol–water partition coefficient (Wildman–Crippen LogP) is 6.48. The van der Waals surface area contributed by atoms with Crippen LogP contribution < -0.4 is 4.74 Å². The van der Waals surface area contributed by atoms with E-state index >= 15 is 0 Å². The number of hydrogen-bond acceptors (Lipinski definition) is 12. The summed E-state index contributed by atoms with van der Waals surface area (Å²) >= 11 is 0. The Kier molecular flexibility index (Phi) is 9.51. The molecule has 0 saturated carbocycles. The Morgan fingerprint density at radius 2 is 1.31 bits per heavy atom. The Hall–Kier alpha value is -5.78. The summed E-state index contributed by atoms with van der Waals surface area (Å²) in [6, 6.07) is 22.8. The molecular formula is C38H36N6O10. The first-order chi connectivity index (χ1) is 26.2. The number of rotatable bonds is 7. The van der Waals surface area contributed by atoms with E-state index in [1.807, 2.05) is 47.9 Å². The second kappa shape index (κ2) is 14.6. The van der Waals surface area contributed by atoms with E-state index in [1.54, 1.807) is 41.8 Å². The summed E-state index contributed by atoms with van der Waals surface area (Å²) in [5.41, 5.74) is 5.39. The van der Waals surface area contributed by atoms with Crippen LogP contribution in [0.2, 0.25) is 0 Å². The molecule has 16 nitrogen and oxygen atoms in total. The molecule has 278 valence electrons. The maximum absolute atomic E-state index is 11.6. The highest BCUT2D eigenvalue weighted by Crippen LogP contribution is 2.43. The lowest BCUT2D eigenvalue weighted by atomic mass is 10.1. The van der Waals surface area contributed by atoms with E-state index in [0.717, 1.165) is 27.7 Å². The van der Waals surface area contributed by atoms with E-state index in [2.05, 4.69) is 0 Å². The molecule has 2 fully saturated rings. The number of hydrogen-bond donors (Lipinski definition) is 1. The third-order valence-electron chi connectivity index (χ3n) is 9.35. The van der Waals surface area contributed by atoms with E-state index in [0.29, 0.717) is 67.0 Å². The molecule has 0 amide bonds. The lowest BCUT2D eigenvalue weighted by molar-refractivity contribution is -0.384. The van der Waals surface area contributed by atoms with Crippen LogP contribution in [0.3, 0.4) is 0 Å². The fourth-order valence-corrected chi connectivity index (χ4v) is 7.15. The number of aliphatic hydroxyl groups excluding tert-OH is 1. The highest BCUT2D eigenvalue weighted by atomic mass is 16.7. The van der Waals surface area contributed by atoms with Crippen LogP contribution in [0.4, 0.5) is 11.4 Å². The topological polar surface area (TPSA) is 188 Å². The van der Waals surface area contributed by atoms with Crippen LogP contribution in [0.1, 0.15) is 37.6 Å². The summed E-state index contributed by atoms with van der Waals surface area (Å²) in [5, 5.41) is 33.1. The van der Waals surface area contributed by atoms with Crippen LogP contribution >= 0.6 is 0 Å². The van der Waals surface area contributed by atoms with Gasteiger partial charge in [-0.25, -0.2) is 9.97 Å². The number of fused-ring (bicyclic) bond motifs is 6. The van der Waals surface area contributed by atoms with Crippen LogP contribution in [0.15, 0.2) is 78.9 Å². The Labute approximate surface area is 307 Å². The summed E-state index contributed by atoms with van der Waals surface area (Å²) in [6.45, 7) is 6.49. The van der Waals surface area contributed by atoms with Crippen molar-refractivity contribution < 1.29 is 38.6 Å². The number of para-hydroxylation sites is 3. The minimum Gasteiger partial charge on any atom is -0.488 e. The van der Waals surface area contributed by atoms with Crippen LogP contribution in [0, 0.1) is 20.2 Å². The van der Waals surface area contributed by atoms with Crippen LogP contribution in [0.25, 0.3) is 44.8 Å². The molecule has 9 rings (SSSR count). The van der Waals surface area contributed by atoms with Crippen molar-refractivity contribution >= 4 is 33.4 Å². The molecule has 3 aliphatic heterocycles. The smallest absolute Gasteiger partial charge is 0.284 e. The average molecular weight is 737 g/mol. The lowest BCUT2D eigenvalue weighted by Gasteiger charge is -2.14. The van der Waals surface area contributed by atoms with Crippen molar-refractivity contribution in [3.8, 4) is 28.5 Å². The van der Waals surface area contributed by atoms with Crippen molar-refractivity contribution in [1.82, 2.24) is 19.1 Å². The zero-order valence-electron chi connectivity index (χ0n) is 29.4. The Morgan fingerprint density at radius 3 is 1.94 bits per heavy atom. The average Bonchev–Trinajstić information content (AvgIpc) is 3.99. The first-order valence-electron chi connectivity index (χ1n) is 17.5. The first kappa shape index (κ1) is 35.3. The van der Waals surface area contributed by atoms with E-state index in [4.69, 9.17) is 33.7 Å². The van der Waals surface area contributed by atoms with Gasteiger partial charge in [-0.2, -0.15) is 0 Å². The summed E-state index contributed by atoms with van der Waals surface area (Å²) in [6.07, 6.45) is -1.78. The van der Waals surface area contributed by atoms with Gasteiger partial charge in [-0.3, -0.25) is 20.2 Å². The molecule has 0 radical (unpaired) electrons. The van der Waals surface area contributed by atoms with Gasteiger partial charge in [0.05, 0.1) is 83.1 Å². The van der Waals surface area contributed by atoms with E-state index in [-0.39, 0.29) is 24.0 Å². The highest BCUT2D eigenvalue weighted by molar-refractivity contribution is 5.88. The summed E-state index contributed by atoms with van der Waals surface area (Å²) < 4.78 is 32.3. The third kappa shape index (κ3) is 6.43.